The molecule has 1 atom stereocenters. The Bertz CT molecular complexity index is 325. The third kappa shape index (κ3) is 3.94. The number of aromatic hydroxyl groups is 1. The highest BCUT2D eigenvalue weighted by atomic mass is 35.5. The van der Waals surface area contributed by atoms with E-state index in [4.69, 9.17) is 5.73 Å². The molecule has 0 aliphatic carbocycles. The van der Waals surface area contributed by atoms with Gasteiger partial charge in [-0.2, -0.15) is 0 Å². The summed E-state index contributed by atoms with van der Waals surface area (Å²) < 4.78 is 0. The monoisotopic (exact) mass is 227 g/mol. The standard InChI is InChI=1S/C12H17NO.ClH/c1-3-4-5-11(13)10-7-6-9(2)8-12(10)14;/h3,6-8,11,14H,1,4-5,13H2,2H3;1H/t11-;/m1./s1. The van der Waals surface area contributed by atoms with Crippen LogP contribution < -0.4 is 5.73 Å². The Morgan fingerprint density at radius 2 is 2.20 bits per heavy atom. The Morgan fingerprint density at radius 1 is 1.53 bits per heavy atom. The maximum Gasteiger partial charge on any atom is 0.120 e. The minimum absolute atomic E-state index is 0. The lowest BCUT2D eigenvalue weighted by molar-refractivity contribution is 0.458. The summed E-state index contributed by atoms with van der Waals surface area (Å²) >= 11 is 0. The van der Waals surface area contributed by atoms with Crippen molar-refractivity contribution in [2.24, 2.45) is 5.73 Å². The molecule has 0 aliphatic heterocycles. The fourth-order valence-electron chi connectivity index (χ4n) is 1.42. The van der Waals surface area contributed by atoms with Crippen LogP contribution >= 0.6 is 12.4 Å². The number of halogens is 1. The highest BCUT2D eigenvalue weighted by molar-refractivity contribution is 5.85. The number of rotatable bonds is 4. The van der Waals surface area contributed by atoms with Gasteiger partial charge in [0.2, 0.25) is 0 Å². The Labute approximate surface area is 97.2 Å². The molecule has 0 bridgehead atoms. The second kappa shape index (κ2) is 6.49. The minimum Gasteiger partial charge on any atom is -0.508 e. The second-order valence-electron chi connectivity index (χ2n) is 3.53. The van der Waals surface area contributed by atoms with Crippen LogP contribution in [-0.4, -0.2) is 5.11 Å². The molecule has 0 aliphatic rings. The molecule has 3 N–H and O–H groups in total. The molecule has 0 fully saturated rings. The van der Waals surface area contributed by atoms with Crippen molar-refractivity contribution < 1.29 is 5.11 Å². The predicted octanol–water partition coefficient (Wildman–Crippen LogP) is 3.09. The van der Waals surface area contributed by atoms with E-state index in [-0.39, 0.29) is 18.4 Å². The van der Waals surface area contributed by atoms with Crippen LogP contribution in [0.3, 0.4) is 0 Å². The SMILES string of the molecule is C=CCC[C@@H](N)c1ccc(C)cc1O.Cl. The quantitative estimate of drug-likeness (QED) is 0.777. The second-order valence-corrected chi connectivity index (χ2v) is 3.53. The van der Waals surface area contributed by atoms with Crippen molar-refractivity contribution >= 4 is 12.4 Å². The summed E-state index contributed by atoms with van der Waals surface area (Å²) in [4.78, 5) is 0. The number of benzene rings is 1. The van der Waals surface area contributed by atoms with Crippen molar-refractivity contribution in [3.05, 3.63) is 42.0 Å². The van der Waals surface area contributed by atoms with E-state index in [1.807, 2.05) is 25.1 Å². The van der Waals surface area contributed by atoms with Gasteiger partial charge in [-0.1, -0.05) is 18.2 Å². The number of hydrogen-bond acceptors (Lipinski definition) is 2. The molecule has 0 radical (unpaired) electrons. The van der Waals surface area contributed by atoms with Crippen molar-refractivity contribution in [1.29, 1.82) is 0 Å². The summed E-state index contributed by atoms with van der Waals surface area (Å²) in [5.74, 6) is 0.293. The van der Waals surface area contributed by atoms with Gasteiger partial charge in [0.1, 0.15) is 5.75 Å². The summed E-state index contributed by atoms with van der Waals surface area (Å²) in [6, 6.07) is 5.48. The van der Waals surface area contributed by atoms with Crippen LogP contribution in [0.2, 0.25) is 0 Å². The minimum atomic E-state index is -0.103. The smallest absolute Gasteiger partial charge is 0.120 e. The van der Waals surface area contributed by atoms with Crippen LogP contribution in [0.25, 0.3) is 0 Å². The highest BCUT2D eigenvalue weighted by Crippen LogP contribution is 2.26. The largest absolute Gasteiger partial charge is 0.508 e. The zero-order valence-electron chi connectivity index (χ0n) is 8.94. The molecule has 1 aromatic rings. The van der Waals surface area contributed by atoms with E-state index in [1.54, 1.807) is 6.07 Å². The third-order valence-corrected chi connectivity index (χ3v) is 2.27. The van der Waals surface area contributed by atoms with E-state index in [1.165, 1.54) is 0 Å². The molecular formula is C12H18ClNO. The van der Waals surface area contributed by atoms with Crippen molar-refractivity contribution in [2.45, 2.75) is 25.8 Å². The molecule has 0 unspecified atom stereocenters. The molecule has 1 aromatic carbocycles. The maximum absolute atomic E-state index is 9.66. The van der Waals surface area contributed by atoms with Gasteiger partial charge in [-0.25, -0.2) is 0 Å². The first-order valence-corrected chi connectivity index (χ1v) is 4.81. The van der Waals surface area contributed by atoms with Crippen LogP contribution in [0.1, 0.15) is 30.0 Å². The predicted molar refractivity (Wildman–Crippen MR) is 66.5 cm³/mol. The maximum atomic E-state index is 9.66. The van der Waals surface area contributed by atoms with E-state index in [0.29, 0.717) is 5.75 Å². The third-order valence-electron chi connectivity index (χ3n) is 2.27. The zero-order valence-corrected chi connectivity index (χ0v) is 9.76. The lowest BCUT2D eigenvalue weighted by atomic mass is 10.0. The van der Waals surface area contributed by atoms with E-state index in [2.05, 4.69) is 6.58 Å². The van der Waals surface area contributed by atoms with Gasteiger partial charge in [0.15, 0.2) is 0 Å². The molecule has 0 saturated heterocycles. The molecule has 3 heteroatoms. The number of hydrogen-bond donors (Lipinski definition) is 2. The van der Waals surface area contributed by atoms with Gasteiger partial charge in [-0.05, 0) is 31.4 Å². The molecule has 0 spiro atoms. The average molecular weight is 228 g/mol. The molecule has 0 saturated carbocycles. The summed E-state index contributed by atoms with van der Waals surface area (Å²) in [7, 11) is 0. The summed E-state index contributed by atoms with van der Waals surface area (Å²) in [5, 5.41) is 9.66. The number of nitrogens with two attached hydrogens (primary N) is 1. The first kappa shape index (κ1) is 14.0. The molecule has 0 amide bonds. The van der Waals surface area contributed by atoms with Crippen molar-refractivity contribution in [3.63, 3.8) is 0 Å². The average Bonchev–Trinajstić information content (AvgIpc) is 2.14. The number of phenols is 1. The van der Waals surface area contributed by atoms with Gasteiger partial charge in [0.25, 0.3) is 0 Å². The van der Waals surface area contributed by atoms with Gasteiger partial charge in [-0.3, -0.25) is 0 Å². The lowest BCUT2D eigenvalue weighted by Crippen LogP contribution is -2.09. The van der Waals surface area contributed by atoms with E-state index in [9.17, 15) is 5.11 Å². The fourth-order valence-corrected chi connectivity index (χ4v) is 1.42. The van der Waals surface area contributed by atoms with Crippen LogP contribution in [0.5, 0.6) is 5.75 Å². The van der Waals surface area contributed by atoms with Crippen LogP contribution in [0, 0.1) is 6.92 Å². The first-order valence-electron chi connectivity index (χ1n) is 4.81. The van der Waals surface area contributed by atoms with Crippen LogP contribution in [0.4, 0.5) is 0 Å². The lowest BCUT2D eigenvalue weighted by Gasteiger charge is -2.12. The van der Waals surface area contributed by atoms with Gasteiger partial charge < -0.3 is 10.8 Å². The Balaban J connectivity index is 0.00000196. The van der Waals surface area contributed by atoms with Crippen molar-refractivity contribution in [1.82, 2.24) is 0 Å². The van der Waals surface area contributed by atoms with E-state index < -0.39 is 0 Å². The summed E-state index contributed by atoms with van der Waals surface area (Å²) in [5.41, 5.74) is 7.78. The molecule has 15 heavy (non-hydrogen) atoms. The first-order chi connectivity index (χ1) is 6.65. The number of allylic oxidation sites excluding steroid dienone is 1. The van der Waals surface area contributed by atoms with Crippen molar-refractivity contribution in [3.8, 4) is 5.75 Å². The molecular weight excluding hydrogens is 210 g/mol. The van der Waals surface area contributed by atoms with E-state index >= 15 is 0 Å². The van der Waals surface area contributed by atoms with Crippen LogP contribution in [0.15, 0.2) is 30.9 Å². The summed E-state index contributed by atoms with van der Waals surface area (Å²) in [6.45, 7) is 5.59. The number of aryl methyl sites for hydroxylation is 1. The van der Waals surface area contributed by atoms with Gasteiger partial charge in [0.05, 0.1) is 0 Å². The van der Waals surface area contributed by atoms with Crippen LogP contribution in [-0.2, 0) is 0 Å². The van der Waals surface area contributed by atoms with Crippen molar-refractivity contribution in [2.75, 3.05) is 0 Å². The normalized spacial score (nSPS) is 11.6. The van der Waals surface area contributed by atoms with Gasteiger partial charge in [0, 0.05) is 11.6 Å². The molecule has 2 nitrogen and oxygen atoms in total. The van der Waals surface area contributed by atoms with Gasteiger partial charge >= 0.3 is 0 Å². The Hall–Kier alpha value is -0.990. The topological polar surface area (TPSA) is 46.2 Å². The highest BCUT2D eigenvalue weighted by Gasteiger charge is 2.09. The summed E-state index contributed by atoms with van der Waals surface area (Å²) in [6.07, 6.45) is 3.53. The Morgan fingerprint density at radius 3 is 2.73 bits per heavy atom. The van der Waals surface area contributed by atoms with E-state index in [0.717, 1.165) is 24.0 Å². The van der Waals surface area contributed by atoms with Gasteiger partial charge in [-0.15, -0.1) is 19.0 Å². The number of phenolic OH excluding ortho intramolecular Hbond substituents is 1. The molecule has 0 heterocycles. The zero-order chi connectivity index (χ0) is 10.6. The molecule has 84 valence electrons. The molecule has 0 aromatic heterocycles. The Kier molecular flexibility index (Phi) is 6.06. The fraction of sp³-hybridized carbons (Fsp3) is 0.333. The molecule has 1 rings (SSSR count).